The van der Waals surface area contributed by atoms with Gasteiger partial charge in [0.15, 0.2) is 5.82 Å². The van der Waals surface area contributed by atoms with E-state index in [-0.39, 0.29) is 0 Å². The van der Waals surface area contributed by atoms with Crippen LogP contribution in [0.5, 0.6) is 0 Å². The van der Waals surface area contributed by atoms with Gasteiger partial charge in [0.2, 0.25) is 0 Å². The van der Waals surface area contributed by atoms with E-state index in [1.807, 2.05) is 32.0 Å². The molecular weight excluding hydrogens is 344 g/mol. The first-order valence-corrected chi connectivity index (χ1v) is 9.42. The van der Waals surface area contributed by atoms with E-state index in [0.717, 1.165) is 39.6 Å². The number of aryl methyl sites for hydroxylation is 4. The fourth-order valence-electron chi connectivity index (χ4n) is 3.06. The van der Waals surface area contributed by atoms with Gasteiger partial charge in [-0.15, -0.1) is 0 Å². The summed E-state index contributed by atoms with van der Waals surface area (Å²) < 4.78 is 0. The van der Waals surface area contributed by atoms with E-state index in [4.69, 9.17) is 9.98 Å². The van der Waals surface area contributed by atoms with E-state index in [2.05, 4.69) is 61.9 Å². The fraction of sp³-hybridized carbons (Fsp3) is 0.250. The van der Waals surface area contributed by atoms with E-state index in [1.54, 1.807) is 6.20 Å². The maximum absolute atomic E-state index is 4.76. The SMILES string of the molecule is CC(=Nc1ccc(C)cc1C)c1ccnc(C(C)=Nc2ccc(C)cc2C)n1. The number of hydrogen-bond donors (Lipinski definition) is 0. The predicted octanol–water partition coefficient (Wildman–Crippen LogP) is 5.99. The van der Waals surface area contributed by atoms with Gasteiger partial charge in [0.05, 0.1) is 28.5 Å². The number of aromatic nitrogens is 2. The topological polar surface area (TPSA) is 50.5 Å². The first-order chi connectivity index (χ1) is 13.3. The molecule has 0 radical (unpaired) electrons. The zero-order valence-corrected chi connectivity index (χ0v) is 17.4. The third-order valence-corrected chi connectivity index (χ3v) is 4.63. The van der Waals surface area contributed by atoms with Crippen molar-refractivity contribution in [3.05, 3.63) is 82.4 Å². The number of aliphatic imine (C=N–C) groups is 2. The molecule has 28 heavy (non-hydrogen) atoms. The zero-order chi connectivity index (χ0) is 20.3. The van der Waals surface area contributed by atoms with Crippen molar-refractivity contribution in [3.8, 4) is 0 Å². The Labute approximate surface area is 167 Å². The quantitative estimate of drug-likeness (QED) is 0.530. The Morgan fingerprint density at radius 1 is 0.714 bits per heavy atom. The van der Waals surface area contributed by atoms with Crippen LogP contribution < -0.4 is 0 Å². The van der Waals surface area contributed by atoms with Crippen LogP contribution in [0.25, 0.3) is 0 Å². The summed E-state index contributed by atoms with van der Waals surface area (Å²) >= 11 is 0. The molecule has 0 saturated heterocycles. The van der Waals surface area contributed by atoms with Crippen molar-refractivity contribution >= 4 is 22.8 Å². The Balaban J connectivity index is 1.93. The van der Waals surface area contributed by atoms with Crippen molar-refractivity contribution in [2.24, 2.45) is 9.98 Å². The molecule has 0 aliphatic heterocycles. The Morgan fingerprint density at radius 2 is 1.25 bits per heavy atom. The lowest BCUT2D eigenvalue weighted by Gasteiger charge is -2.07. The van der Waals surface area contributed by atoms with Crippen LogP contribution >= 0.6 is 0 Å². The van der Waals surface area contributed by atoms with Crippen molar-refractivity contribution in [1.29, 1.82) is 0 Å². The summed E-state index contributed by atoms with van der Waals surface area (Å²) in [5, 5.41) is 0. The number of benzene rings is 2. The van der Waals surface area contributed by atoms with Crippen LogP contribution in [0.1, 0.15) is 47.6 Å². The molecule has 0 aliphatic carbocycles. The summed E-state index contributed by atoms with van der Waals surface area (Å²) in [6, 6.07) is 14.4. The van der Waals surface area contributed by atoms with E-state index in [1.165, 1.54) is 11.1 Å². The lowest BCUT2D eigenvalue weighted by Crippen LogP contribution is -2.07. The molecule has 142 valence electrons. The minimum atomic E-state index is 0.618. The summed E-state index contributed by atoms with van der Waals surface area (Å²) in [7, 11) is 0. The third-order valence-electron chi connectivity index (χ3n) is 4.63. The third kappa shape index (κ3) is 4.58. The second-order valence-electron chi connectivity index (χ2n) is 7.24. The Bertz CT molecular complexity index is 995. The smallest absolute Gasteiger partial charge is 0.174 e. The van der Waals surface area contributed by atoms with Crippen molar-refractivity contribution in [3.63, 3.8) is 0 Å². The van der Waals surface area contributed by atoms with Crippen LogP contribution in [0, 0.1) is 27.7 Å². The highest BCUT2D eigenvalue weighted by Gasteiger charge is 2.07. The maximum atomic E-state index is 4.76. The average molecular weight is 371 g/mol. The van der Waals surface area contributed by atoms with Gasteiger partial charge < -0.3 is 0 Å². The Kier molecular flexibility index (Phi) is 5.78. The summed E-state index contributed by atoms with van der Waals surface area (Å²) in [5.74, 6) is 0.618. The average Bonchev–Trinajstić information content (AvgIpc) is 2.66. The number of nitrogens with zero attached hydrogens (tertiary/aromatic N) is 4. The molecule has 0 atom stereocenters. The predicted molar refractivity (Wildman–Crippen MR) is 118 cm³/mol. The van der Waals surface area contributed by atoms with Crippen LogP contribution in [-0.2, 0) is 0 Å². The standard InChI is InChI=1S/C24H26N4/c1-15-7-9-21(17(3)13-15)26-19(5)23-11-12-25-24(28-23)20(6)27-22-10-8-16(2)14-18(22)4/h7-14H,1-6H3. The highest BCUT2D eigenvalue weighted by molar-refractivity contribution is 6.01. The van der Waals surface area contributed by atoms with Crippen molar-refractivity contribution in [1.82, 2.24) is 9.97 Å². The molecular formula is C24H26N4. The van der Waals surface area contributed by atoms with Gasteiger partial charge >= 0.3 is 0 Å². The van der Waals surface area contributed by atoms with E-state index in [9.17, 15) is 0 Å². The monoisotopic (exact) mass is 370 g/mol. The molecule has 0 saturated carbocycles. The molecule has 1 aromatic heterocycles. The van der Waals surface area contributed by atoms with Crippen LogP contribution in [0.15, 0.2) is 58.6 Å². The molecule has 4 nitrogen and oxygen atoms in total. The second kappa shape index (κ2) is 8.26. The molecule has 0 aliphatic rings. The molecule has 2 aromatic carbocycles. The summed E-state index contributed by atoms with van der Waals surface area (Å²) in [5.41, 5.74) is 9.11. The van der Waals surface area contributed by atoms with Gasteiger partial charge in [-0.25, -0.2) is 15.0 Å². The minimum Gasteiger partial charge on any atom is -0.251 e. The van der Waals surface area contributed by atoms with Crippen molar-refractivity contribution < 1.29 is 0 Å². The van der Waals surface area contributed by atoms with Crippen LogP contribution in [0.2, 0.25) is 0 Å². The first kappa shape index (κ1) is 19.6. The minimum absolute atomic E-state index is 0.618. The molecule has 0 bridgehead atoms. The maximum Gasteiger partial charge on any atom is 0.174 e. The molecule has 0 fully saturated rings. The lowest BCUT2D eigenvalue weighted by atomic mass is 10.1. The summed E-state index contributed by atoms with van der Waals surface area (Å²) in [6.07, 6.45) is 1.76. The summed E-state index contributed by atoms with van der Waals surface area (Å²) in [4.78, 5) is 18.6. The van der Waals surface area contributed by atoms with E-state index < -0.39 is 0 Å². The number of rotatable bonds is 4. The largest absolute Gasteiger partial charge is 0.251 e. The highest BCUT2D eigenvalue weighted by atomic mass is 14.9. The molecule has 0 spiro atoms. The number of hydrogen-bond acceptors (Lipinski definition) is 4. The second-order valence-corrected chi connectivity index (χ2v) is 7.24. The van der Waals surface area contributed by atoms with Gasteiger partial charge in [-0.2, -0.15) is 0 Å². The van der Waals surface area contributed by atoms with Gasteiger partial charge in [0.25, 0.3) is 0 Å². The molecule has 4 heteroatoms. The molecule has 1 heterocycles. The molecule has 0 N–H and O–H groups in total. The Hall–Kier alpha value is -3.14. The highest BCUT2D eigenvalue weighted by Crippen LogP contribution is 2.22. The van der Waals surface area contributed by atoms with Crippen LogP contribution in [0.3, 0.4) is 0 Å². The first-order valence-electron chi connectivity index (χ1n) is 9.42. The van der Waals surface area contributed by atoms with Crippen molar-refractivity contribution in [2.45, 2.75) is 41.5 Å². The van der Waals surface area contributed by atoms with Gasteiger partial charge in [-0.1, -0.05) is 35.4 Å². The van der Waals surface area contributed by atoms with Gasteiger partial charge in [0.1, 0.15) is 0 Å². The van der Waals surface area contributed by atoms with Crippen LogP contribution in [0.4, 0.5) is 11.4 Å². The molecule has 0 unspecified atom stereocenters. The normalized spacial score (nSPS) is 12.4. The van der Waals surface area contributed by atoms with E-state index >= 15 is 0 Å². The van der Waals surface area contributed by atoms with Crippen molar-refractivity contribution in [2.75, 3.05) is 0 Å². The fourth-order valence-corrected chi connectivity index (χ4v) is 3.06. The molecule has 0 amide bonds. The summed E-state index contributed by atoms with van der Waals surface area (Å²) in [6.45, 7) is 12.2. The molecule has 3 rings (SSSR count). The Morgan fingerprint density at radius 3 is 1.79 bits per heavy atom. The van der Waals surface area contributed by atoms with Gasteiger partial charge in [-0.3, -0.25) is 4.99 Å². The molecule has 3 aromatic rings. The lowest BCUT2D eigenvalue weighted by molar-refractivity contribution is 1.11. The van der Waals surface area contributed by atoms with E-state index in [0.29, 0.717) is 5.82 Å². The van der Waals surface area contributed by atoms with Gasteiger partial charge in [0, 0.05) is 6.20 Å². The van der Waals surface area contributed by atoms with Crippen LogP contribution in [-0.4, -0.2) is 21.4 Å². The van der Waals surface area contributed by atoms with Gasteiger partial charge in [-0.05, 0) is 70.9 Å². The zero-order valence-electron chi connectivity index (χ0n) is 17.4.